The maximum absolute atomic E-state index is 13.1. The molecule has 0 radical (unpaired) electrons. The Bertz CT molecular complexity index is 1190. The summed E-state index contributed by atoms with van der Waals surface area (Å²) in [6.07, 6.45) is 0.0777. The molecule has 0 bridgehead atoms. The van der Waals surface area contributed by atoms with Crippen LogP contribution in [0.4, 0.5) is 5.69 Å². The summed E-state index contributed by atoms with van der Waals surface area (Å²) >= 11 is 0. The zero-order chi connectivity index (χ0) is 23.7. The zero-order valence-corrected chi connectivity index (χ0v) is 17.4. The van der Waals surface area contributed by atoms with Crippen LogP contribution in [0.5, 0.6) is 0 Å². The van der Waals surface area contributed by atoms with Crippen LogP contribution in [0.2, 0.25) is 0 Å². The summed E-state index contributed by atoms with van der Waals surface area (Å²) in [7, 11) is 0. The molecule has 170 valence electrons. The molecule has 1 unspecified atom stereocenters. The number of hydrogen-bond donors (Lipinski definition) is 5. The topological polar surface area (TPSA) is 171 Å². The molecule has 2 aromatic rings. The minimum absolute atomic E-state index is 0.0244. The van der Waals surface area contributed by atoms with Gasteiger partial charge in [-0.2, -0.15) is 0 Å². The van der Waals surface area contributed by atoms with Crippen LogP contribution in [0, 0.1) is 0 Å². The number of piperidine rings is 1. The molecule has 0 spiro atoms. The van der Waals surface area contributed by atoms with Gasteiger partial charge in [0, 0.05) is 24.1 Å². The molecular weight excluding hydrogens is 430 g/mol. The van der Waals surface area contributed by atoms with Gasteiger partial charge in [-0.05, 0) is 30.2 Å². The Morgan fingerprint density at radius 3 is 2.58 bits per heavy atom. The number of aliphatic hydroxyl groups is 1. The highest BCUT2D eigenvalue weighted by Crippen LogP contribution is 2.30. The summed E-state index contributed by atoms with van der Waals surface area (Å²) in [4.78, 5) is 63.3. The van der Waals surface area contributed by atoms with Crippen molar-refractivity contribution >= 4 is 35.2 Å². The van der Waals surface area contributed by atoms with Crippen LogP contribution in [-0.2, 0) is 22.7 Å². The van der Waals surface area contributed by atoms with E-state index in [0.717, 1.165) is 4.90 Å². The average Bonchev–Trinajstić information content (AvgIpc) is 3.07. The minimum atomic E-state index is -1.07. The number of hydrogen-bond acceptors (Lipinski definition) is 8. The number of carbonyl (C=O) groups is 5. The van der Waals surface area contributed by atoms with E-state index in [9.17, 15) is 29.1 Å². The Kier molecular flexibility index (Phi) is 5.90. The number of rotatable bonds is 6. The summed E-state index contributed by atoms with van der Waals surface area (Å²) in [5, 5.41) is 14.5. The van der Waals surface area contributed by atoms with Crippen molar-refractivity contribution < 1.29 is 29.1 Å². The summed E-state index contributed by atoms with van der Waals surface area (Å²) in [6.45, 7) is -0.493. The summed E-state index contributed by atoms with van der Waals surface area (Å²) in [5.74, 6) is 2.50. The highest BCUT2D eigenvalue weighted by atomic mass is 16.3. The van der Waals surface area contributed by atoms with Gasteiger partial charge in [0.2, 0.25) is 11.8 Å². The molecule has 4 rings (SSSR count). The number of imide groups is 2. The van der Waals surface area contributed by atoms with Crippen molar-refractivity contribution in [2.45, 2.75) is 32.0 Å². The standard InChI is InChI=1S/C22H21N5O6/c23-26-15-6-2-4-12(14(15)10-28)19(30)24-9-11-3-1-5-13-18(11)22(33)27(21(13)32)16-7-8-17(29)25-20(16)31/h1-6,16,26,28H,7-10,23H2,(H,24,30)(H,25,29,31). The van der Waals surface area contributed by atoms with Crippen LogP contribution in [0.3, 0.4) is 0 Å². The predicted molar refractivity (Wildman–Crippen MR) is 114 cm³/mol. The SMILES string of the molecule is NNc1cccc(C(=O)NCc2cccc3c2C(=O)N(C2CCC(=O)NC2=O)C3=O)c1CO. The van der Waals surface area contributed by atoms with Gasteiger partial charge in [-0.25, -0.2) is 0 Å². The Morgan fingerprint density at radius 1 is 1.12 bits per heavy atom. The van der Waals surface area contributed by atoms with E-state index >= 15 is 0 Å². The van der Waals surface area contributed by atoms with Gasteiger partial charge >= 0.3 is 0 Å². The van der Waals surface area contributed by atoms with Crippen molar-refractivity contribution in [2.75, 3.05) is 5.43 Å². The molecule has 1 saturated heterocycles. The molecule has 1 atom stereocenters. The first-order valence-corrected chi connectivity index (χ1v) is 10.2. The van der Waals surface area contributed by atoms with Gasteiger partial charge < -0.3 is 15.8 Å². The molecular formula is C22H21N5O6. The van der Waals surface area contributed by atoms with E-state index in [-0.39, 0.29) is 36.1 Å². The second-order valence-corrected chi connectivity index (χ2v) is 7.60. The van der Waals surface area contributed by atoms with Crippen molar-refractivity contribution in [2.24, 2.45) is 5.84 Å². The van der Waals surface area contributed by atoms with Crippen LogP contribution in [0.1, 0.15) is 55.0 Å². The Morgan fingerprint density at radius 2 is 1.88 bits per heavy atom. The maximum atomic E-state index is 13.1. The third-order valence-corrected chi connectivity index (χ3v) is 5.73. The van der Waals surface area contributed by atoms with E-state index in [4.69, 9.17) is 5.84 Å². The normalized spacial score (nSPS) is 17.6. The van der Waals surface area contributed by atoms with Crippen molar-refractivity contribution in [3.05, 3.63) is 64.2 Å². The molecule has 2 aliphatic heterocycles. The maximum Gasteiger partial charge on any atom is 0.262 e. The highest BCUT2D eigenvalue weighted by molar-refractivity contribution is 6.24. The molecule has 11 nitrogen and oxygen atoms in total. The summed E-state index contributed by atoms with van der Waals surface area (Å²) in [6, 6.07) is 8.32. The minimum Gasteiger partial charge on any atom is -0.392 e. The monoisotopic (exact) mass is 451 g/mol. The van der Waals surface area contributed by atoms with E-state index in [1.807, 2.05) is 0 Å². The molecule has 6 N–H and O–H groups in total. The van der Waals surface area contributed by atoms with Gasteiger partial charge in [-0.1, -0.05) is 18.2 Å². The number of nitrogens with one attached hydrogen (secondary N) is 3. The lowest BCUT2D eigenvalue weighted by molar-refractivity contribution is -0.136. The van der Waals surface area contributed by atoms with E-state index in [0.29, 0.717) is 16.8 Å². The predicted octanol–water partition coefficient (Wildman–Crippen LogP) is -0.204. The first kappa shape index (κ1) is 22.1. The number of carbonyl (C=O) groups excluding carboxylic acids is 5. The number of anilines is 1. The summed E-state index contributed by atoms with van der Waals surface area (Å²) < 4.78 is 0. The van der Waals surface area contributed by atoms with Crippen LogP contribution in [-0.4, -0.2) is 45.6 Å². The first-order valence-electron chi connectivity index (χ1n) is 10.2. The van der Waals surface area contributed by atoms with E-state index < -0.39 is 42.2 Å². The molecule has 0 saturated carbocycles. The Labute approximate surface area is 187 Å². The van der Waals surface area contributed by atoms with E-state index in [1.54, 1.807) is 24.3 Å². The fourth-order valence-corrected chi connectivity index (χ4v) is 4.11. The van der Waals surface area contributed by atoms with Gasteiger partial charge in [0.15, 0.2) is 0 Å². The number of nitrogen functional groups attached to an aromatic ring is 1. The quantitative estimate of drug-likeness (QED) is 0.228. The highest BCUT2D eigenvalue weighted by Gasteiger charge is 2.45. The second kappa shape index (κ2) is 8.81. The summed E-state index contributed by atoms with van der Waals surface area (Å²) in [5.41, 5.74) is 3.96. The van der Waals surface area contributed by atoms with Crippen LogP contribution in [0.15, 0.2) is 36.4 Å². The molecule has 33 heavy (non-hydrogen) atoms. The molecule has 0 aliphatic carbocycles. The lowest BCUT2D eigenvalue weighted by Crippen LogP contribution is -2.54. The van der Waals surface area contributed by atoms with Crippen molar-refractivity contribution in [3.63, 3.8) is 0 Å². The lowest BCUT2D eigenvalue weighted by Gasteiger charge is -2.27. The van der Waals surface area contributed by atoms with Crippen LogP contribution in [0.25, 0.3) is 0 Å². The molecule has 2 aromatic carbocycles. The van der Waals surface area contributed by atoms with Crippen molar-refractivity contribution in [3.8, 4) is 0 Å². The molecule has 11 heteroatoms. The number of fused-ring (bicyclic) bond motifs is 1. The fourth-order valence-electron chi connectivity index (χ4n) is 4.11. The van der Waals surface area contributed by atoms with Crippen LogP contribution < -0.4 is 21.9 Å². The molecule has 1 fully saturated rings. The number of hydrazine groups is 1. The molecule has 2 aliphatic rings. The third-order valence-electron chi connectivity index (χ3n) is 5.73. The largest absolute Gasteiger partial charge is 0.392 e. The van der Waals surface area contributed by atoms with Crippen molar-refractivity contribution in [1.82, 2.24) is 15.5 Å². The molecule has 2 heterocycles. The number of amides is 5. The van der Waals surface area contributed by atoms with Crippen molar-refractivity contribution in [1.29, 1.82) is 0 Å². The molecule has 0 aromatic heterocycles. The Balaban J connectivity index is 1.57. The van der Waals surface area contributed by atoms with Gasteiger partial charge in [0.1, 0.15) is 6.04 Å². The number of nitrogens with zero attached hydrogens (tertiary/aromatic N) is 1. The average molecular weight is 451 g/mol. The smallest absolute Gasteiger partial charge is 0.262 e. The number of nitrogens with two attached hydrogens (primary N) is 1. The third kappa shape index (κ3) is 3.83. The van der Waals surface area contributed by atoms with Gasteiger partial charge in [0.05, 0.1) is 23.4 Å². The lowest BCUT2D eigenvalue weighted by atomic mass is 10.0. The second-order valence-electron chi connectivity index (χ2n) is 7.60. The van der Waals surface area contributed by atoms with E-state index in [1.165, 1.54) is 12.1 Å². The first-order chi connectivity index (χ1) is 15.9. The van der Waals surface area contributed by atoms with Gasteiger partial charge in [-0.3, -0.25) is 40.0 Å². The fraction of sp³-hybridized carbons (Fsp3) is 0.227. The zero-order valence-electron chi connectivity index (χ0n) is 17.4. The van der Waals surface area contributed by atoms with Gasteiger partial charge in [0.25, 0.3) is 17.7 Å². The molecule has 5 amide bonds. The van der Waals surface area contributed by atoms with Crippen LogP contribution >= 0.6 is 0 Å². The number of aliphatic hydroxyl groups excluding tert-OH is 1. The van der Waals surface area contributed by atoms with E-state index in [2.05, 4.69) is 16.1 Å². The number of benzene rings is 2. The van der Waals surface area contributed by atoms with Gasteiger partial charge in [-0.15, -0.1) is 0 Å². The Hall–Kier alpha value is -4.09.